The van der Waals surface area contributed by atoms with Crippen LogP contribution in [-0.4, -0.2) is 37.6 Å². The lowest BCUT2D eigenvalue weighted by molar-refractivity contribution is -0.142. The SMILES string of the molecule is CCCOc1c2c(c(OC(F)F)c3ccccc13)C(=O)N(c1ccc(CC(=O)OCC)cc1F)C2=O. The molecule has 4 rings (SSSR count). The number of alkyl halides is 2. The Bertz CT molecular complexity index is 1360. The molecule has 0 spiro atoms. The van der Waals surface area contributed by atoms with Crippen molar-refractivity contribution >= 4 is 34.2 Å². The summed E-state index contributed by atoms with van der Waals surface area (Å²) in [6.07, 6.45) is 0.362. The fourth-order valence-electron chi connectivity index (χ4n) is 4.10. The van der Waals surface area contributed by atoms with Crippen molar-refractivity contribution in [1.82, 2.24) is 0 Å². The van der Waals surface area contributed by atoms with E-state index >= 15 is 4.39 Å². The number of halogens is 3. The van der Waals surface area contributed by atoms with Gasteiger partial charge in [0.15, 0.2) is 0 Å². The van der Waals surface area contributed by atoms with E-state index in [2.05, 4.69) is 0 Å². The second-order valence-corrected chi connectivity index (χ2v) is 7.89. The molecule has 1 heterocycles. The van der Waals surface area contributed by atoms with Crippen molar-refractivity contribution in [2.75, 3.05) is 18.1 Å². The van der Waals surface area contributed by atoms with E-state index in [1.807, 2.05) is 6.92 Å². The third-order valence-electron chi connectivity index (χ3n) is 5.52. The van der Waals surface area contributed by atoms with Crippen LogP contribution in [0.1, 0.15) is 46.5 Å². The maximum atomic E-state index is 15.1. The molecule has 2 amide bonds. The number of anilines is 1. The minimum Gasteiger partial charge on any atom is -0.492 e. The normalized spacial score (nSPS) is 12.9. The topological polar surface area (TPSA) is 82.1 Å². The Kier molecular flexibility index (Phi) is 7.14. The van der Waals surface area contributed by atoms with E-state index in [9.17, 15) is 23.2 Å². The minimum absolute atomic E-state index is 0.0317. The number of rotatable bonds is 9. The second-order valence-electron chi connectivity index (χ2n) is 7.89. The van der Waals surface area contributed by atoms with Crippen LogP contribution >= 0.6 is 0 Å². The molecule has 188 valence electrons. The molecule has 3 aromatic carbocycles. The van der Waals surface area contributed by atoms with Crippen molar-refractivity contribution in [3.05, 3.63) is 65.0 Å². The lowest BCUT2D eigenvalue weighted by atomic mass is 9.99. The number of amides is 2. The second kappa shape index (κ2) is 10.3. The molecular weight excluding hydrogens is 479 g/mol. The van der Waals surface area contributed by atoms with Gasteiger partial charge in [0, 0.05) is 10.8 Å². The first-order valence-corrected chi connectivity index (χ1v) is 11.3. The number of benzene rings is 3. The van der Waals surface area contributed by atoms with Gasteiger partial charge >= 0.3 is 12.6 Å². The van der Waals surface area contributed by atoms with Crippen molar-refractivity contribution in [3.8, 4) is 11.5 Å². The Morgan fingerprint density at radius 1 is 0.972 bits per heavy atom. The predicted molar refractivity (Wildman–Crippen MR) is 124 cm³/mol. The van der Waals surface area contributed by atoms with Gasteiger partial charge in [-0.25, -0.2) is 9.29 Å². The molecule has 0 aromatic heterocycles. The van der Waals surface area contributed by atoms with E-state index in [0.29, 0.717) is 16.7 Å². The van der Waals surface area contributed by atoms with Crippen molar-refractivity contribution < 1.29 is 41.8 Å². The molecule has 0 N–H and O–H groups in total. The van der Waals surface area contributed by atoms with E-state index in [-0.39, 0.29) is 41.9 Å². The Balaban J connectivity index is 1.86. The Hall–Kier alpha value is -4.08. The molecule has 0 saturated heterocycles. The summed E-state index contributed by atoms with van der Waals surface area (Å²) >= 11 is 0. The van der Waals surface area contributed by atoms with Gasteiger partial charge in [-0.2, -0.15) is 8.78 Å². The van der Waals surface area contributed by atoms with Gasteiger partial charge in [0.25, 0.3) is 11.8 Å². The summed E-state index contributed by atoms with van der Waals surface area (Å²) in [5, 5.41) is 0.449. The highest BCUT2D eigenvalue weighted by Gasteiger charge is 2.44. The number of nitrogens with zero attached hydrogens (tertiary/aromatic N) is 1. The average molecular weight is 501 g/mol. The molecule has 0 aliphatic carbocycles. The van der Waals surface area contributed by atoms with Gasteiger partial charge in [-0.15, -0.1) is 0 Å². The van der Waals surface area contributed by atoms with E-state index in [4.69, 9.17) is 14.2 Å². The summed E-state index contributed by atoms with van der Waals surface area (Å²) in [4.78, 5) is 39.3. The molecule has 1 aliphatic rings. The summed E-state index contributed by atoms with van der Waals surface area (Å²) in [6.45, 7) is 0.537. The van der Waals surface area contributed by atoms with Crippen molar-refractivity contribution in [1.29, 1.82) is 0 Å². The van der Waals surface area contributed by atoms with Crippen LogP contribution in [0.5, 0.6) is 11.5 Å². The zero-order valence-corrected chi connectivity index (χ0v) is 19.5. The molecule has 7 nitrogen and oxygen atoms in total. The van der Waals surface area contributed by atoms with Crippen molar-refractivity contribution in [2.45, 2.75) is 33.3 Å². The van der Waals surface area contributed by atoms with Crippen molar-refractivity contribution in [2.24, 2.45) is 0 Å². The maximum absolute atomic E-state index is 15.1. The molecule has 3 aromatic rings. The molecule has 0 unspecified atom stereocenters. The highest BCUT2D eigenvalue weighted by atomic mass is 19.3. The molecule has 0 atom stereocenters. The summed E-state index contributed by atoms with van der Waals surface area (Å²) in [7, 11) is 0. The predicted octanol–water partition coefficient (Wildman–Crippen LogP) is 5.28. The minimum atomic E-state index is -3.28. The standard InChI is InChI=1S/C26H22F3NO6/c1-3-11-35-22-15-7-5-6-8-16(15)23(36-26(28)29)21-20(22)24(32)30(25(21)33)18-10-9-14(12-17(18)27)13-19(31)34-4-2/h5-10,12,26H,3-4,11,13H2,1-2H3. The quantitative estimate of drug-likeness (QED) is 0.293. The smallest absolute Gasteiger partial charge is 0.387 e. The highest BCUT2D eigenvalue weighted by molar-refractivity contribution is 6.38. The fraction of sp³-hybridized carbons (Fsp3) is 0.269. The number of carbonyl (C=O) groups excluding carboxylic acids is 3. The third-order valence-corrected chi connectivity index (χ3v) is 5.52. The number of fused-ring (bicyclic) bond motifs is 2. The summed E-state index contributed by atoms with van der Waals surface area (Å²) in [5.74, 6) is -3.95. The lowest BCUT2D eigenvalue weighted by Crippen LogP contribution is -2.30. The zero-order valence-electron chi connectivity index (χ0n) is 19.5. The Labute approximate surface area is 204 Å². The maximum Gasteiger partial charge on any atom is 0.387 e. The van der Waals surface area contributed by atoms with Gasteiger partial charge in [-0.05, 0) is 31.0 Å². The van der Waals surface area contributed by atoms with E-state index < -0.39 is 47.2 Å². The molecule has 0 bridgehead atoms. The van der Waals surface area contributed by atoms with Gasteiger partial charge in [0.2, 0.25) is 0 Å². The third kappa shape index (κ3) is 4.46. The van der Waals surface area contributed by atoms with Gasteiger partial charge in [0.1, 0.15) is 17.3 Å². The number of hydrogen-bond acceptors (Lipinski definition) is 6. The number of carbonyl (C=O) groups is 3. The summed E-state index contributed by atoms with van der Waals surface area (Å²) < 4.78 is 57.2. The Morgan fingerprint density at radius 2 is 1.61 bits per heavy atom. The molecule has 1 aliphatic heterocycles. The van der Waals surface area contributed by atoms with Crippen molar-refractivity contribution in [3.63, 3.8) is 0 Å². The van der Waals surface area contributed by atoms with Crippen LogP contribution in [0.15, 0.2) is 42.5 Å². The van der Waals surface area contributed by atoms with E-state index in [0.717, 1.165) is 6.07 Å². The average Bonchev–Trinajstić information content (AvgIpc) is 3.09. The van der Waals surface area contributed by atoms with Gasteiger partial charge in [-0.1, -0.05) is 37.3 Å². The highest BCUT2D eigenvalue weighted by Crippen LogP contribution is 2.46. The molecule has 0 fully saturated rings. The van der Waals surface area contributed by atoms with Crippen LogP contribution in [0, 0.1) is 5.82 Å². The first-order chi connectivity index (χ1) is 17.3. The monoisotopic (exact) mass is 501 g/mol. The summed E-state index contributed by atoms with van der Waals surface area (Å²) in [6, 6.07) is 9.78. The van der Waals surface area contributed by atoms with Crippen LogP contribution in [0.4, 0.5) is 18.9 Å². The molecule has 0 saturated carbocycles. The van der Waals surface area contributed by atoms with E-state index in [1.54, 1.807) is 25.1 Å². The summed E-state index contributed by atoms with van der Waals surface area (Å²) in [5.41, 5.74) is -0.842. The molecule has 0 radical (unpaired) electrons. The fourth-order valence-corrected chi connectivity index (χ4v) is 4.10. The number of esters is 1. The van der Waals surface area contributed by atoms with Gasteiger partial charge in [0.05, 0.1) is 36.4 Å². The molecule has 10 heteroatoms. The molecule has 36 heavy (non-hydrogen) atoms. The number of hydrogen-bond donors (Lipinski definition) is 0. The van der Waals surface area contributed by atoms with Crippen LogP contribution in [0.25, 0.3) is 10.8 Å². The number of imide groups is 1. The van der Waals surface area contributed by atoms with Crippen LogP contribution < -0.4 is 14.4 Å². The van der Waals surface area contributed by atoms with Gasteiger partial charge < -0.3 is 14.2 Å². The Morgan fingerprint density at radius 3 is 2.19 bits per heavy atom. The van der Waals surface area contributed by atoms with E-state index in [1.165, 1.54) is 18.2 Å². The number of ether oxygens (including phenoxy) is 3. The lowest BCUT2D eigenvalue weighted by Gasteiger charge is -2.16. The zero-order chi connectivity index (χ0) is 26.0. The first-order valence-electron chi connectivity index (χ1n) is 11.3. The molecular formula is C26H22F3NO6. The van der Waals surface area contributed by atoms with Crippen LogP contribution in [0.2, 0.25) is 0 Å². The van der Waals surface area contributed by atoms with Crippen LogP contribution in [-0.2, 0) is 16.0 Å². The largest absolute Gasteiger partial charge is 0.492 e. The first kappa shape index (κ1) is 25.0. The van der Waals surface area contributed by atoms with Crippen LogP contribution in [0.3, 0.4) is 0 Å². The van der Waals surface area contributed by atoms with Gasteiger partial charge in [-0.3, -0.25) is 14.4 Å².